The number of likely N-dealkylation sites (tertiary alicyclic amines) is 1. The normalized spacial score (nSPS) is 19.1. The van der Waals surface area contributed by atoms with Gasteiger partial charge in [-0.15, -0.1) is 0 Å². The number of carbonyl (C=O) groups excluding carboxylic acids is 1. The predicted octanol–water partition coefficient (Wildman–Crippen LogP) is 3.24. The molecule has 0 bridgehead atoms. The standard InChI is InChI=1S/C25H30FN7O2/c1-14(18-10-22(35-5)27-11-19(18)26)24(34)33-12-20(25(13-33)8-9-25)30-21-7-6-17(15(2)28-21)23-29-16(3)32(4)31-23/h6-7,10-11,14,20H,8-9,12-13H2,1-5H3,(H,28,30)/t14?,20-/m1/s1. The van der Waals surface area contributed by atoms with Crippen molar-refractivity contribution in [2.75, 3.05) is 25.5 Å². The number of hydrogen-bond donors (Lipinski definition) is 1. The molecule has 9 nitrogen and oxygen atoms in total. The molecule has 2 aliphatic rings. The molecular formula is C25H30FN7O2. The number of nitrogens with zero attached hydrogens (tertiary/aromatic N) is 6. The number of hydrogen-bond acceptors (Lipinski definition) is 7. The van der Waals surface area contributed by atoms with E-state index >= 15 is 0 Å². The first-order valence-electron chi connectivity index (χ1n) is 11.8. The van der Waals surface area contributed by atoms with Crippen LogP contribution in [0, 0.1) is 25.1 Å². The second kappa shape index (κ2) is 8.58. The van der Waals surface area contributed by atoms with Gasteiger partial charge in [0.25, 0.3) is 0 Å². The van der Waals surface area contributed by atoms with Crippen LogP contribution in [-0.4, -0.2) is 61.8 Å². The number of pyridine rings is 2. The van der Waals surface area contributed by atoms with Crippen molar-refractivity contribution in [2.24, 2.45) is 12.5 Å². The van der Waals surface area contributed by atoms with Crippen LogP contribution in [0.15, 0.2) is 24.4 Å². The lowest BCUT2D eigenvalue weighted by atomic mass is 10.00. The molecule has 1 saturated carbocycles. The summed E-state index contributed by atoms with van der Waals surface area (Å²) in [5.41, 5.74) is 2.08. The van der Waals surface area contributed by atoms with Gasteiger partial charge in [0.05, 0.1) is 31.0 Å². The van der Waals surface area contributed by atoms with E-state index in [1.807, 2.05) is 37.9 Å². The van der Waals surface area contributed by atoms with Crippen molar-refractivity contribution in [3.8, 4) is 17.3 Å². The predicted molar refractivity (Wildman–Crippen MR) is 129 cm³/mol. The topological polar surface area (TPSA) is 98.1 Å². The van der Waals surface area contributed by atoms with Crippen molar-refractivity contribution in [2.45, 2.75) is 45.6 Å². The Morgan fingerprint density at radius 1 is 1.29 bits per heavy atom. The average Bonchev–Trinajstić information content (AvgIpc) is 3.43. The SMILES string of the molecule is COc1cc(C(C)C(=O)N2C[C@@H](Nc3ccc(-c4nc(C)n(C)n4)c(C)n3)C3(CC3)C2)c(F)cn1. The number of amides is 1. The molecule has 1 N–H and O–H groups in total. The number of methoxy groups -OCH3 is 1. The minimum Gasteiger partial charge on any atom is -0.481 e. The second-order valence-corrected chi connectivity index (χ2v) is 9.68. The van der Waals surface area contributed by atoms with Gasteiger partial charge in [0, 0.05) is 42.7 Å². The average molecular weight is 480 g/mol. The van der Waals surface area contributed by atoms with Crippen LogP contribution in [0.3, 0.4) is 0 Å². The van der Waals surface area contributed by atoms with Crippen LogP contribution in [0.4, 0.5) is 10.2 Å². The monoisotopic (exact) mass is 479 g/mol. The minimum absolute atomic E-state index is 0.0395. The van der Waals surface area contributed by atoms with E-state index in [1.54, 1.807) is 11.6 Å². The Morgan fingerprint density at radius 3 is 2.69 bits per heavy atom. The molecule has 3 aromatic rings. The van der Waals surface area contributed by atoms with Crippen LogP contribution in [0.25, 0.3) is 11.4 Å². The highest BCUT2D eigenvalue weighted by Gasteiger charge is 2.56. The molecule has 184 valence electrons. The maximum absolute atomic E-state index is 14.4. The van der Waals surface area contributed by atoms with Crippen LogP contribution in [-0.2, 0) is 11.8 Å². The second-order valence-electron chi connectivity index (χ2n) is 9.68. The molecule has 1 saturated heterocycles. The van der Waals surface area contributed by atoms with E-state index < -0.39 is 11.7 Å². The molecule has 0 radical (unpaired) electrons. The Kier molecular flexibility index (Phi) is 5.69. The third-order valence-corrected chi connectivity index (χ3v) is 7.39. The molecule has 1 amide bonds. The van der Waals surface area contributed by atoms with E-state index in [-0.39, 0.29) is 17.4 Å². The summed E-state index contributed by atoms with van der Waals surface area (Å²) in [4.78, 5) is 28.3. The maximum Gasteiger partial charge on any atom is 0.230 e. The fourth-order valence-electron chi connectivity index (χ4n) is 4.92. The van der Waals surface area contributed by atoms with Crippen LogP contribution in [0.1, 0.15) is 42.8 Å². The number of nitrogens with one attached hydrogen (secondary N) is 1. The molecule has 10 heteroatoms. The Hall–Kier alpha value is -3.56. The molecule has 2 fully saturated rings. The van der Waals surface area contributed by atoms with Crippen LogP contribution in [0.2, 0.25) is 0 Å². The third kappa shape index (κ3) is 4.21. The highest BCUT2D eigenvalue weighted by molar-refractivity contribution is 5.84. The van der Waals surface area contributed by atoms with Gasteiger partial charge in [-0.1, -0.05) is 0 Å². The van der Waals surface area contributed by atoms with Gasteiger partial charge in [-0.3, -0.25) is 9.48 Å². The van der Waals surface area contributed by atoms with Crippen molar-refractivity contribution in [1.82, 2.24) is 29.6 Å². The van der Waals surface area contributed by atoms with Gasteiger partial charge in [-0.2, -0.15) is 5.10 Å². The Morgan fingerprint density at radius 2 is 2.06 bits per heavy atom. The van der Waals surface area contributed by atoms with Crippen LogP contribution >= 0.6 is 0 Å². The summed E-state index contributed by atoms with van der Waals surface area (Å²) in [6.45, 7) is 6.81. The first kappa shape index (κ1) is 23.2. The quantitative estimate of drug-likeness (QED) is 0.580. The molecule has 1 aliphatic heterocycles. The summed E-state index contributed by atoms with van der Waals surface area (Å²) in [5.74, 6) is 1.33. The first-order valence-corrected chi connectivity index (χ1v) is 11.8. The van der Waals surface area contributed by atoms with Gasteiger partial charge in [0.2, 0.25) is 11.8 Å². The summed E-state index contributed by atoms with van der Waals surface area (Å²) in [6, 6.07) is 5.51. The first-order chi connectivity index (χ1) is 16.7. The van der Waals surface area contributed by atoms with Crippen LogP contribution in [0.5, 0.6) is 5.88 Å². The fraction of sp³-hybridized carbons (Fsp3) is 0.480. The summed E-state index contributed by atoms with van der Waals surface area (Å²) in [5, 5.41) is 8.03. The van der Waals surface area contributed by atoms with E-state index in [0.717, 1.165) is 41.9 Å². The Bertz CT molecular complexity index is 1270. The smallest absolute Gasteiger partial charge is 0.230 e. The van der Waals surface area contributed by atoms with E-state index in [4.69, 9.17) is 9.72 Å². The van der Waals surface area contributed by atoms with Crippen molar-refractivity contribution in [3.05, 3.63) is 47.3 Å². The molecule has 1 spiro atoms. The molecule has 1 aliphatic carbocycles. The lowest BCUT2D eigenvalue weighted by Gasteiger charge is -2.22. The van der Waals surface area contributed by atoms with E-state index in [0.29, 0.717) is 30.4 Å². The lowest BCUT2D eigenvalue weighted by Crippen LogP contribution is -2.34. The number of carbonyl (C=O) groups is 1. The van der Waals surface area contributed by atoms with Gasteiger partial charge in [0.1, 0.15) is 17.5 Å². The third-order valence-electron chi connectivity index (χ3n) is 7.39. The molecule has 1 unspecified atom stereocenters. The number of aryl methyl sites for hydroxylation is 3. The zero-order valence-corrected chi connectivity index (χ0v) is 20.7. The molecule has 4 heterocycles. The van der Waals surface area contributed by atoms with E-state index in [9.17, 15) is 9.18 Å². The van der Waals surface area contributed by atoms with Crippen molar-refractivity contribution in [3.63, 3.8) is 0 Å². The number of halogens is 1. The highest BCUT2D eigenvalue weighted by Crippen LogP contribution is 2.54. The zero-order chi connectivity index (χ0) is 24.9. The highest BCUT2D eigenvalue weighted by atomic mass is 19.1. The van der Waals surface area contributed by atoms with Gasteiger partial charge in [0.15, 0.2) is 5.82 Å². The van der Waals surface area contributed by atoms with Gasteiger partial charge in [-0.25, -0.2) is 19.3 Å². The summed E-state index contributed by atoms with van der Waals surface area (Å²) >= 11 is 0. The minimum atomic E-state index is -0.629. The van der Waals surface area contributed by atoms with Crippen molar-refractivity contribution < 1.29 is 13.9 Å². The zero-order valence-electron chi connectivity index (χ0n) is 20.7. The fourth-order valence-corrected chi connectivity index (χ4v) is 4.92. The Labute approximate surface area is 203 Å². The van der Waals surface area contributed by atoms with Crippen molar-refractivity contribution in [1.29, 1.82) is 0 Å². The maximum atomic E-state index is 14.4. The molecule has 0 aromatic carbocycles. The number of rotatable bonds is 6. The molecular weight excluding hydrogens is 449 g/mol. The molecule has 35 heavy (non-hydrogen) atoms. The van der Waals surface area contributed by atoms with Crippen molar-refractivity contribution >= 4 is 11.7 Å². The van der Waals surface area contributed by atoms with Crippen LogP contribution < -0.4 is 10.1 Å². The molecule has 3 aromatic heterocycles. The molecule has 2 atom stereocenters. The number of anilines is 1. The van der Waals surface area contributed by atoms with E-state index in [2.05, 4.69) is 20.4 Å². The van der Waals surface area contributed by atoms with Gasteiger partial charge < -0.3 is 15.0 Å². The number of aromatic nitrogens is 5. The largest absolute Gasteiger partial charge is 0.481 e. The van der Waals surface area contributed by atoms with Gasteiger partial charge in [-0.05, 0) is 45.7 Å². The summed E-state index contributed by atoms with van der Waals surface area (Å²) in [7, 11) is 3.34. The van der Waals surface area contributed by atoms with E-state index in [1.165, 1.54) is 13.2 Å². The number of ether oxygens (including phenoxy) is 1. The lowest BCUT2D eigenvalue weighted by molar-refractivity contribution is -0.131. The summed E-state index contributed by atoms with van der Waals surface area (Å²) in [6.07, 6.45) is 3.21. The summed E-state index contributed by atoms with van der Waals surface area (Å²) < 4.78 is 21.3. The molecule has 5 rings (SSSR count). The Balaban J connectivity index is 1.31. The van der Waals surface area contributed by atoms with Gasteiger partial charge >= 0.3 is 0 Å².